The first kappa shape index (κ1) is 12.9. The summed E-state index contributed by atoms with van der Waals surface area (Å²) in [7, 11) is 1.96. The quantitative estimate of drug-likeness (QED) is 0.813. The number of hydrogen-bond donors (Lipinski definition) is 0. The highest BCUT2D eigenvalue weighted by atomic mass is 15.2. The van der Waals surface area contributed by atoms with Crippen molar-refractivity contribution in [2.24, 2.45) is 7.05 Å². The van der Waals surface area contributed by atoms with Crippen LogP contribution < -0.4 is 0 Å². The zero-order valence-corrected chi connectivity index (χ0v) is 11.7. The number of hydrogen-bond acceptors (Lipinski definition) is 2. The smallest absolute Gasteiger partial charge is 0.0949 e. The molecule has 4 heteroatoms. The van der Waals surface area contributed by atoms with Crippen molar-refractivity contribution in [3.8, 4) is 0 Å². The number of aryl methyl sites for hydroxylation is 2. The van der Waals surface area contributed by atoms with E-state index in [-0.39, 0.29) is 0 Å². The summed E-state index contributed by atoms with van der Waals surface area (Å²) in [6, 6.07) is 2.10. The summed E-state index contributed by atoms with van der Waals surface area (Å²) in [5.74, 6) is 0.982. The van der Waals surface area contributed by atoms with E-state index >= 15 is 0 Å². The summed E-state index contributed by atoms with van der Waals surface area (Å²) in [5, 5.41) is 4.45. The van der Waals surface area contributed by atoms with Crippen LogP contribution in [0.3, 0.4) is 0 Å². The van der Waals surface area contributed by atoms with Crippen LogP contribution in [0.15, 0.2) is 24.8 Å². The molecular formula is C14H22N4. The summed E-state index contributed by atoms with van der Waals surface area (Å²) in [5.41, 5.74) is 2.34. The van der Waals surface area contributed by atoms with Gasteiger partial charge in [0.15, 0.2) is 0 Å². The molecule has 0 saturated carbocycles. The Labute approximate surface area is 109 Å². The number of imidazole rings is 1. The minimum absolute atomic E-state index is 0.482. The van der Waals surface area contributed by atoms with Crippen molar-refractivity contribution < 1.29 is 0 Å². The Bertz CT molecular complexity index is 495. The zero-order valence-electron chi connectivity index (χ0n) is 11.7. The number of rotatable bonds is 5. The normalized spacial score (nSPS) is 13.2. The molecule has 0 spiro atoms. The van der Waals surface area contributed by atoms with Crippen molar-refractivity contribution in [1.82, 2.24) is 19.3 Å². The van der Waals surface area contributed by atoms with Gasteiger partial charge in [-0.1, -0.05) is 20.8 Å². The molecule has 18 heavy (non-hydrogen) atoms. The fourth-order valence-electron chi connectivity index (χ4n) is 1.98. The van der Waals surface area contributed by atoms with Crippen LogP contribution in [0.25, 0.3) is 0 Å². The van der Waals surface area contributed by atoms with E-state index in [0.29, 0.717) is 11.8 Å². The Balaban J connectivity index is 1.90. The van der Waals surface area contributed by atoms with Crippen molar-refractivity contribution in [3.63, 3.8) is 0 Å². The second kappa shape index (κ2) is 5.38. The highest BCUT2D eigenvalue weighted by Crippen LogP contribution is 2.18. The van der Waals surface area contributed by atoms with Gasteiger partial charge in [0.25, 0.3) is 0 Å². The van der Waals surface area contributed by atoms with Crippen molar-refractivity contribution in [3.05, 3.63) is 36.2 Å². The molecule has 2 rings (SSSR count). The van der Waals surface area contributed by atoms with Crippen molar-refractivity contribution in [2.45, 2.75) is 45.6 Å². The Kier molecular flexibility index (Phi) is 3.84. The van der Waals surface area contributed by atoms with Crippen LogP contribution in [0, 0.1) is 0 Å². The van der Waals surface area contributed by atoms with Crippen LogP contribution in [0.4, 0.5) is 0 Å². The van der Waals surface area contributed by atoms with E-state index in [1.165, 1.54) is 11.4 Å². The first-order valence-corrected chi connectivity index (χ1v) is 6.57. The molecule has 0 amide bonds. The van der Waals surface area contributed by atoms with Gasteiger partial charge in [-0.2, -0.15) is 5.10 Å². The molecule has 0 aromatic carbocycles. The van der Waals surface area contributed by atoms with E-state index in [9.17, 15) is 0 Å². The molecule has 2 heterocycles. The van der Waals surface area contributed by atoms with Gasteiger partial charge in [0.2, 0.25) is 0 Å². The molecular weight excluding hydrogens is 224 g/mol. The van der Waals surface area contributed by atoms with Crippen LogP contribution in [-0.2, 0) is 13.6 Å². The Morgan fingerprint density at radius 1 is 1.22 bits per heavy atom. The summed E-state index contributed by atoms with van der Waals surface area (Å²) < 4.78 is 4.04. The monoisotopic (exact) mass is 246 g/mol. The van der Waals surface area contributed by atoms with Gasteiger partial charge < -0.3 is 4.57 Å². The Morgan fingerprint density at radius 3 is 2.56 bits per heavy atom. The fourth-order valence-corrected chi connectivity index (χ4v) is 1.98. The van der Waals surface area contributed by atoms with Gasteiger partial charge >= 0.3 is 0 Å². The van der Waals surface area contributed by atoms with Crippen LogP contribution in [0.5, 0.6) is 0 Å². The molecule has 2 aromatic heterocycles. The molecule has 4 nitrogen and oxygen atoms in total. The standard InChI is InChI=1S/C14H22N4/c1-11(2)14-9-18(10-15-14)8-5-12(3)13-6-7-17(4)16-13/h6-7,9-12H,5,8H2,1-4H3. The first-order chi connectivity index (χ1) is 8.56. The molecule has 0 bridgehead atoms. The van der Waals surface area contributed by atoms with Gasteiger partial charge in [-0.3, -0.25) is 4.68 Å². The zero-order chi connectivity index (χ0) is 13.1. The average molecular weight is 246 g/mol. The summed E-state index contributed by atoms with van der Waals surface area (Å²) in [4.78, 5) is 4.41. The van der Waals surface area contributed by atoms with Crippen LogP contribution in [0.1, 0.15) is 50.4 Å². The highest BCUT2D eigenvalue weighted by Gasteiger charge is 2.09. The van der Waals surface area contributed by atoms with Gasteiger partial charge in [-0.25, -0.2) is 4.98 Å². The first-order valence-electron chi connectivity index (χ1n) is 6.57. The second-order valence-electron chi connectivity index (χ2n) is 5.30. The number of aromatic nitrogens is 4. The lowest BCUT2D eigenvalue weighted by atomic mass is 10.0. The maximum Gasteiger partial charge on any atom is 0.0949 e. The molecule has 0 saturated heterocycles. The van der Waals surface area contributed by atoms with Crippen LogP contribution in [0.2, 0.25) is 0 Å². The van der Waals surface area contributed by atoms with Crippen LogP contribution in [-0.4, -0.2) is 19.3 Å². The Morgan fingerprint density at radius 2 is 2.00 bits per heavy atom. The van der Waals surface area contributed by atoms with E-state index in [2.05, 4.69) is 47.7 Å². The van der Waals surface area contributed by atoms with E-state index in [1.54, 1.807) is 0 Å². The third kappa shape index (κ3) is 3.00. The van der Waals surface area contributed by atoms with E-state index < -0.39 is 0 Å². The molecule has 98 valence electrons. The van der Waals surface area contributed by atoms with Gasteiger partial charge in [-0.05, 0) is 18.4 Å². The predicted octanol–water partition coefficient (Wildman–Crippen LogP) is 2.93. The molecule has 1 atom stereocenters. The molecule has 1 unspecified atom stereocenters. The van der Waals surface area contributed by atoms with Gasteiger partial charge in [0.05, 0.1) is 17.7 Å². The second-order valence-corrected chi connectivity index (χ2v) is 5.30. The Hall–Kier alpha value is -1.58. The van der Waals surface area contributed by atoms with Gasteiger partial charge in [0, 0.05) is 31.9 Å². The molecule has 0 aliphatic carbocycles. The van der Waals surface area contributed by atoms with Crippen molar-refractivity contribution in [1.29, 1.82) is 0 Å². The highest BCUT2D eigenvalue weighted by molar-refractivity contribution is 5.05. The van der Waals surface area contributed by atoms with Crippen molar-refractivity contribution >= 4 is 0 Å². The molecule has 0 N–H and O–H groups in total. The van der Waals surface area contributed by atoms with E-state index in [1.807, 2.05) is 24.3 Å². The maximum absolute atomic E-state index is 4.45. The molecule has 0 radical (unpaired) electrons. The minimum atomic E-state index is 0.482. The molecule has 2 aromatic rings. The minimum Gasteiger partial charge on any atom is -0.337 e. The lowest BCUT2D eigenvalue weighted by Gasteiger charge is -2.08. The third-order valence-electron chi connectivity index (χ3n) is 3.30. The lowest BCUT2D eigenvalue weighted by Crippen LogP contribution is -2.02. The summed E-state index contributed by atoms with van der Waals surface area (Å²) in [6.45, 7) is 7.56. The van der Waals surface area contributed by atoms with Crippen molar-refractivity contribution in [2.75, 3.05) is 0 Å². The SMILES string of the molecule is CC(C)c1cn(CCC(C)c2ccn(C)n2)cn1. The maximum atomic E-state index is 4.45. The predicted molar refractivity (Wildman–Crippen MR) is 72.6 cm³/mol. The molecule has 0 fully saturated rings. The largest absolute Gasteiger partial charge is 0.337 e. The lowest BCUT2D eigenvalue weighted by molar-refractivity contribution is 0.559. The summed E-state index contributed by atoms with van der Waals surface area (Å²) >= 11 is 0. The molecule has 0 aliphatic rings. The van der Waals surface area contributed by atoms with E-state index in [0.717, 1.165) is 13.0 Å². The topological polar surface area (TPSA) is 35.6 Å². The van der Waals surface area contributed by atoms with Crippen LogP contribution >= 0.6 is 0 Å². The summed E-state index contributed by atoms with van der Waals surface area (Å²) in [6.07, 6.45) is 7.17. The van der Waals surface area contributed by atoms with E-state index in [4.69, 9.17) is 0 Å². The number of nitrogens with zero attached hydrogens (tertiary/aromatic N) is 4. The average Bonchev–Trinajstić information content (AvgIpc) is 2.94. The molecule has 0 aliphatic heterocycles. The fraction of sp³-hybridized carbons (Fsp3) is 0.571. The van der Waals surface area contributed by atoms with Gasteiger partial charge in [0.1, 0.15) is 0 Å². The third-order valence-corrected chi connectivity index (χ3v) is 3.30. The van der Waals surface area contributed by atoms with Gasteiger partial charge in [-0.15, -0.1) is 0 Å².